The van der Waals surface area contributed by atoms with Gasteiger partial charge in [0.2, 0.25) is 0 Å². The Hall–Kier alpha value is -0.793. The number of ether oxygens (including phenoxy) is 2. The van der Waals surface area contributed by atoms with Gasteiger partial charge >= 0.3 is 0 Å². The van der Waals surface area contributed by atoms with Gasteiger partial charge in [-0.15, -0.1) is 0 Å². The molecular weight excluding hydrogens is 484 g/mol. The monoisotopic (exact) mass is 528 g/mol. The molecule has 0 rings (SSSR count). The molecule has 0 heterocycles. The maximum Gasteiger partial charge on any atom is 0.192 e. The fourth-order valence-corrected chi connectivity index (χ4v) is 4.22. The summed E-state index contributed by atoms with van der Waals surface area (Å²) in [5.74, 6) is 0.545. The van der Waals surface area contributed by atoms with Gasteiger partial charge in [-0.2, -0.15) is 0 Å². The lowest BCUT2D eigenvalue weighted by atomic mass is 9.91. The Morgan fingerprint density at radius 3 is 2.22 bits per heavy atom. The minimum Gasteiger partial charge on any atom is -0.413 e. The fourth-order valence-electron chi connectivity index (χ4n) is 2.89. The van der Waals surface area contributed by atoms with Crippen molar-refractivity contribution in [2.75, 3.05) is 20.5 Å². The number of carbonyl (C=O) groups excluding carboxylic acids is 1. The highest BCUT2D eigenvalue weighted by Gasteiger charge is 2.36. The Morgan fingerprint density at radius 1 is 1.06 bits per heavy atom. The van der Waals surface area contributed by atoms with Crippen LogP contribution in [0.3, 0.4) is 0 Å². The Labute approximate surface area is 206 Å². The molecule has 0 spiro atoms. The third-order valence-corrected chi connectivity index (χ3v) is 10.9. The van der Waals surface area contributed by atoms with Crippen molar-refractivity contribution in [2.24, 2.45) is 11.8 Å². The van der Waals surface area contributed by atoms with Crippen LogP contribution in [0.4, 0.5) is 0 Å². The molecule has 0 N–H and O–H groups in total. The third-order valence-electron chi connectivity index (χ3n) is 5.90. The van der Waals surface area contributed by atoms with Crippen LogP contribution in [0.25, 0.3) is 0 Å². The van der Waals surface area contributed by atoms with E-state index in [1.807, 2.05) is 19.1 Å². The standard InChI is InChI=1S/C26H45BrO4Si/c1-20(13-14-31-32(9,10)26(5,6)7)11-12-24(27)17-25(30-19-29-8)23(4)16-21(2)15-22(3)18-28/h11-13,15,17-18,21,23,25H,14,16,19H2,1-10H3/b12-11+,20-13+,22-15+,24-17-/t21-,23+,25-/m1/s1. The lowest BCUT2D eigenvalue weighted by Crippen LogP contribution is -2.40. The van der Waals surface area contributed by atoms with E-state index < -0.39 is 8.32 Å². The Bertz CT molecular complexity index is 686. The van der Waals surface area contributed by atoms with E-state index >= 15 is 0 Å². The average Bonchev–Trinajstić information content (AvgIpc) is 2.68. The van der Waals surface area contributed by atoms with Gasteiger partial charge in [0.15, 0.2) is 8.32 Å². The molecular formula is C26H45BrO4Si. The van der Waals surface area contributed by atoms with Crippen LogP contribution in [0.2, 0.25) is 18.1 Å². The number of methoxy groups -OCH3 is 1. The van der Waals surface area contributed by atoms with E-state index in [0.29, 0.717) is 6.61 Å². The molecule has 0 aliphatic rings. The SMILES string of the molecule is COCO[C@H](/C=C(Br)/C=C/C(C)=C/CO[Si](C)(C)C(C)(C)C)[C@@H](C)C[C@H](C)/C=C(\C)C=O. The number of hydrogen-bond acceptors (Lipinski definition) is 4. The zero-order chi connectivity index (χ0) is 24.9. The maximum absolute atomic E-state index is 10.9. The lowest BCUT2D eigenvalue weighted by Gasteiger charge is -2.35. The first kappa shape index (κ1) is 31.2. The minimum absolute atomic E-state index is 0.104. The highest BCUT2D eigenvalue weighted by molar-refractivity contribution is 9.11. The van der Waals surface area contributed by atoms with E-state index in [2.05, 4.69) is 88.8 Å². The van der Waals surface area contributed by atoms with Gasteiger partial charge in [-0.05, 0) is 68.0 Å². The Morgan fingerprint density at radius 2 is 1.69 bits per heavy atom. The minimum atomic E-state index is -1.73. The van der Waals surface area contributed by atoms with Crippen LogP contribution in [0.1, 0.15) is 54.9 Å². The molecule has 3 atom stereocenters. The second-order valence-corrected chi connectivity index (χ2v) is 15.9. The van der Waals surface area contributed by atoms with Gasteiger partial charge in [-0.1, -0.05) is 74.3 Å². The highest BCUT2D eigenvalue weighted by Crippen LogP contribution is 2.36. The van der Waals surface area contributed by atoms with E-state index in [0.717, 1.165) is 28.3 Å². The van der Waals surface area contributed by atoms with Crippen LogP contribution in [0.5, 0.6) is 0 Å². The summed E-state index contributed by atoms with van der Waals surface area (Å²) < 4.78 is 18.2. The normalized spacial score (nSPS) is 17.5. The highest BCUT2D eigenvalue weighted by atomic mass is 79.9. The smallest absolute Gasteiger partial charge is 0.192 e. The zero-order valence-corrected chi connectivity index (χ0v) is 24.4. The Kier molecular flexibility index (Phi) is 14.8. The molecule has 32 heavy (non-hydrogen) atoms. The second kappa shape index (κ2) is 15.2. The Balaban J connectivity index is 5.13. The molecule has 0 aromatic carbocycles. The van der Waals surface area contributed by atoms with Crippen molar-refractivity contribution in [1.82, 2.24) is 0 Å². The summed E-state index contributed by atoms with van der Waals surface area (Å²) in [5, 5.41) is 0.212. The van der Waals surface area contributed by atoms with Crippen LogP contribution in [0, 0.1) is 11.8 Å². The molecule has 6 heteroatoms. The van der Waals surface area contributed by atoms with Crippen molar-refractivity contribution >= 4 is 30.5 Å². The van der Waals surface area contributed by atoms with Crippen LogP contribution in [-0.4, -0.2) is 41.2 Å². The molecule has 0 aliphatic heterocycles. The van der Waals surface area contributed by atoms with Gasteiger partial charge in [0, 0.05) is 11.6 Å². The molecule has 0 radical (unpaired) electrons. The van der Waals surface area contributed by atoms with Crippen molar-refractivity contribution in [2.45, 2.75) is 79.1 Å². The van der Waals surface area contributed by atoms with Gasteiger partial charge in [0.1, 0.15) is 13.1 Å². The number of rotatable bonds is 14. The van der Waals surface area contributed by atoms with E-state index in [4.69, 9.17) is 13.9 Å². The maximum atomic E-state index is 10.9. The summed E-state index contributed by atoms with van der Waals surface area (Å²) in [5.41, 5.74) is 1.91. The molecule has 4 nitrogen and oxygen atoms in total. The number of hydrogen-bond donors (Lipinski definition) is 0. The van der Waals surface area contributed by atoms with Gasteiger partial charge < -0.3 is 13.9 Å². The van der Waals surface area contributed by atoms with Crippen molar-refractivity contribution in [3.63, 3.8) is 0 Å². The summed E-state index contributed by atoms with van der Waals surface area (Å²) in [6.07, 6.45) is 12.0. The van der Waals surface area contributed by atoms with Crippen molar-refractivity contribution < 1.29 is 18.7 Å². The summed E-state index contributed by atoms with van der Waals surface area (Å²) in [7, 11) is -0.107. The molecule has 0 aromatic heterocycles. The van der Waals surface area contributed by atoms with Crippen molar-refractivity contribution in [1.29, 1.82) is 0 Å². The number of halogens is 1. The van der Waals surface area contributed by atoms with Crippen molar-refractivity contribution in [3.05, 3.63) is 46.0 Å². The van der Waals surface area contributed by atoms with Gasteiger partial charge in [-0.3, -0.25) is 4.79 Å². The van der Waals surface area contributed by atoms with Gasteiger partial charge in [0.05, 0.1) is 12.7 Å². The molecule has 0 unspecified atom stereocenters. The van der Waals surface area contributed by atoms with Crippen LogP contribution < -0.4 is 0 Å². The topological polar surface area (TPSA) is 44.8 Å². The van der Waals surface area contributed by atoms with Crippen LogP contribution >= 0.6 is 15.9 Å². The first-order chi connectivity index (χ1) is 14.7. The first-order valence-electron chi connectivity index (χ1n) is 11.3. The predicted molar refractivity (Wildman–Crippen MR) is 143 cm³/mol. The molecule has 0 amide bonds. The third kappa shape index (κ3) is 13.0. The number of allylic oxidation sites excluding steroid dienone is 6. The fraction of sp³-hybridized carbons (Fsp3) is 0.654. The van der Waals surface area contributed by atoms with Gasteiger partial charge in [0.25, 0.3) is 0 Å². The molecule has 0 bridgehead atoms. The summed E-state index contributed by atoms with van der Waals surface area (Å²) >= 11 is 3.65. The molecule has 184 valence electrons. The van der Waals surface area contributed by atoms with E-state index in [1.165, 1.54) is 0 Å². The predicted octanol–water partition coefficient (Wildman–Crippen LogP) is 7.59. The summed E-state index contributed by atoms with van der Waals surface area (Å²) in [6.45, 7) is 20.3. The van der Waals surface area contributed by atoms with Crippen LogP contribution in [0.15, 0.2) is 46.0 Å². The summed E-state index contributed by atoms with van der Waals surface area (Å²) in [6, 6.07) is 0. The lowest BCUT2D eigenvalue weighted by molar-refractivity contribution is -0.104. The summed E-state index contributed by atoms with van der Waals surface area (Å²) in [4.78, 5) is 10.9. The molecule has 0 saturated carbocycles. The largest absolute Gasteiger partial charge is 0.413 e. The average molecular weight is 530 g/mol. The van der Waals surface area contributed by atoms with E-state index in [-0.39, 0.29) is 29.8 Å². The van der Waals surface area contributed by atoms with E-state index in [1.54, 1.807) is 7.11 Å². The zero-order valence-electron chi connectivity index (χ0n) is 21.8. The van der Waals surface area contributed by atoms with E-state index in [9.17, 15) is 4.79 Å². The first-order valence-corrected chi connectivity index (χ1v) is 15.0. The molecule has 0 aromatic rings. The number of carbonyl (C=O) groups is 1. The van der Waals surface area contributed by atoms with Crippen molar-refractivity contribution in [3.8, 4) is 0 Å². The van der Waals surface area contributed by atoms with Gasteiger partial charge in [-0.25, -0.2) is 0 Å². The molecule has 0 saturated heterocycles. The molecule has 0 fully saturated rings. The second-order valence-electron chi connectivity index (χ2n) is 10.2. The van der Waals surface area contributed by atoms with Crippen LogP contribution in [-0.2, 0) is 18.7 Å². The molecule has 0 aliphatic carbocycles. The number of aldehydes is 1. The quantitative estimate of drug-likeness (QED) is 0.0765.